The molecule has 0 spiro atoms. The molecule has 1 aliphatic rings. The second-order valence-corrected chi connectivity index (χ2v) is 8.05. The average Bonchev–Trinajstić information content (AvgIpc) is 2.87. The van der Waals surface area contributed by atoms with Gasteiger partial charge in [0.15, 0.2) is 0 Å². The fraction of sp³-hybridized carbons (Fsp3) is 0.111. The Bertz CT molecular complexity index is 1370. The Balaban J connectivity index is 1.61. The minimum Gasteiger partial charge on any atom is -0.488 e. The van der Waals surface area contributed by atoms with Gasteiger partial charge in [-0.05, 0) is 49.4 Å². The van der Waals surface area contributed by atoms with Crippen molar-refractivity contribution in [3.05, 3.63) is 100 Å². The normalized spacial score (nSPS) is 14.6. The largest absolute Gasteiger partial charge is 0.488 e. The van der Waals surface area contributed by atoms with Crippen molar-refractivity contribution < 1.29 is 28.7 Å². The van der Waals surface area contributed by atoms with Crippen LogP contribution in [0.2, 0.25) is 5.02 Å². The van der Waals surface area contributed by atoms with Gasteiger partial charge >= 0.3 is 12.0 Å². The summed E-state index contributed by atoms with van der Waals surface area (Å²) < 4.78 is 10.9. The molecule has 3 aromatic carbocycles. The van der Waals surface area contributed by atoms with Crippen LogP contribution in [0.1, 0.15) is 28.4 Å². The number of benzene rings is 3. The molecule has 0 bridgehead atoms. The van der Waals surface area contributed by atoms with Crippen LogP contribution in [0.25, 0.3) is 6.08 Å². The molecule has 0 atom stereocenters. The molecule has 1 heterocycles. The molecule has 8 nitrogen and oxygen atoms in total. The maximum Gasteiger partial charge on any atom is 0.338 e. The van der Waals surface area contributed by atoms with Crippen LogP contribution in [0.4, 0.5) is 10.5 Å². The first kappa shape index (κ1) is 24.7. The Labute approximate surface area is 212 Å². The second-order valence-electron chi connectivity index (χ2n) is 7.64. The number of hydrogen-bond donors (Lipinski definition) is 1. The summed E-state index contributed by atoms with van der Waals surface area (Å²) in [5.41, 5.74) is 1.44. The third-order valence-corrected chi connectivity index (χ3v) is 5.67. The van der Waals surface area contributed by atoms with Gasteiger partial charge in [-0.15, -0.1) is 0 Å². The van der Waals surface area contributed by atoms with Gasteiger partial charge in [0, 0.05) is 16.1 Å². The molecule has 1 fully saturated rings. The number of ether oxygens (including phenoxy) is 2. The number of nitrogens with zero attached hydrogens (tertiary/aromatic N) is 1. The lowest BCUT2D eigenvalue weighted by molar-refractivity contribution is -0.122. The zero-order valence-corrected chi connectivity index (χ0v) is 20.0. The summed E-state index contributed by atoms with van der Waals surface area (Å²) in [5.74, 6) is -1.74. The molecule has 0 unspecified atom stereocenters. The van der Waals surface area contributed by atoms with Crippen LogP contribution in [0.3, 0.4) is 0 Å². The number of amides is 4. The van der Waals surface area contributed by atoms with Crippen LogP contribution < -0.4 is 15.0 Å². The molecule has 182 valence electrons. The Morgan fingerprint density at radius 1 is 0.972 bits per heavy atom. The number of para-hydroxylation sites is 1. The van der Waals surface area contributed by atoms with Crippen LogP contribution in [0.15, 0.2) is 78.4 Å². The van der Waals surface area contributed by atoms with Crippen LogP contribution in [-0.4, -0.2) is 30.4 Å². The average molecular weight is 505 g/mol. The summed E-state index contributed by atoms with van der Waals surface area (Å²) in [6.45, 7) is 2.08. The van der Waals surface area contributed by atoms with E-state index in [0.29, 0.717) is 16.3 Å². The summed E-state index contributed by atoms with van der Waals surface area (Å²) in [4.78, 5) is 51.1. The number of anilines is 1. The molecule has 4 amide bonds. The topological polar surface area (TPSA) is 102 Å². The summed E-state index contributed by atoms with van der Waals surface area (Å²) in [6, 6.07) is 19.0. The maximum absolute atomic E-state index is 13.2. The van der Waals surface area contributed by atoms with E-state index in [0.717, 1.165) is 10.5 Å². The van der Waals surface area contributed by atoms with Crippen LogP contribution >= 0.6 is 11.6 Å². The first-order valence-corrected chi connectivity index (χ1v) is 11.4. The van der Waals surface area contributed by atoms with Gasteiger partial charge < -0.3 is 9.47 Å². The third-order valence-electron chi connectivity index (χ3n) is 5.30. The van der Waals surface area contributed by atoms with Crippen molar-refractivity contribution >= 4 is 47.2 Å². The number of halogens is 1. The summed E-state index contributed by atoms with van der Waals surface area (Å²) >= 11 is 6.20. The minimum atomic E-state index is -0.894. The van der Waals surface area contributed by atoms with E-state index in [1.165, 1.54) is 30.3 Å². The number of nitrogens with one attached hydrogen (secondary N) is 1. The first-order valence-electron chi connectivity index (χ1n) is 11.0. The van der Waals surface area contributed by atoms with Gasteiger partial charge in [-0.1, -0.05) is 48.0 Å². The zero-order chi connectivity index (χ0) is 25.7. The highest BCUT2D eigenvalue weighted by Crippen LogP contribution is 2.27. The van der Waals surface area contributed by atoms with E-state index < -0.39 is 23.8 Å². The lowest BCUT2D eigenvalue weighted by Crippen LogP contribution is -2.54. The molecule has 1 saturated heterocycles. The van der Waals surface area contributed by atoms with E-state index in [1.807, 2.05) is 18.2 Å². The van der Waals surface area contributed by atoms with Crippen molar-refractivity contribution in [3.8, 4) is 5.75 Å². The van der Waals surface area contributed by atoms with Crippen LogP contribution in [-0.2, 0) is 20.9 Å². The van der Waals surface area contributed by atoms with Crippen molar-refractivity contribution in [3.63, 3.8) is 0 Å². The molecule has 0 saturated carbocycles. The lowest BCUT2D eigenvalue weighted by Gasteiger charge is -2.26. The van der Waals surface area contributed by atoms with Crippen molar-refractivity contribution in [2.24, 2.45) is 0 Å². The number of barbiturate groups is 1. The Hall–Kier alpha value is -4.43. The predicted octanol–water partition coefficient (Wildman–Crippen LogP) is 4.76. The number of urea groups is 1. The SMILES string of the molecule is CCOC(=O)c1ccc(N2C(=O)NC(=O)/C(=C\c3ccccc3OCc3ccccc3Cl)C2=O)cc1. The number of imide groups is 2. The molecule has 4 rings (SSSR count). The number of rotatable bonds is 7. The molecule has 9 heteroatoms. The maximum atomic E-state index is 13.2. The molecule has 0 aliphatic carbocycles. The van der Waals surface area contributed by atoms with Gasteiger partial charge in [-0.2, -0.15) is 0 Å². The number of hydrogen-bond acceptors (Lipinski definition) is 6. The zero-order valence-electron chi connectivity index (χ0n) is 19.2. The quantitative estimate of drug-likeness (QED) is 0.283. The molecule has 3 aromatic rings. The molecule has 1 N–H and O–H groups in total. The number of carbonyl (C=O) groups is 4. The molecular formula is C27H21ClN2O6. The van der Waals surface area contributed by atoms with Crippen LogP contribution in [0, 0.1) is 0 Å². The Kier molecular flexibility index (Phi) is 7.46. The van der Waals surface area contributed by atoms with E-state index in [-0.39, 0.29) is 30.0 Å². The standard InChI is InChI=1S/C27H21ClN2O6/c1-2-35-26(33)17-11-13-20(14-12-17)30-25(32)21(24(31)29-27(30)34)15-18-7-4-6-10-23(18)36-16-19-8-3-5-9-22(19)28/h3-15H,2,16H2,1H3,(H,29,31,34)/b21-15+. The van der Waals surface area contributed by atoms with Crippen molar-refractivity contribution in [1.29, 1.82) is 0 Å². The highest BCUT2D eigenvalue weighted by atomic mass is 35.5. The second kappa shape index (κ2) is 10.9. The number of esters is 1. The number of carbonyl (C=O) groups excluding carboxylic acids is 4. The third kappa shape index (κ3) is 5.29. The van der Waals surface area contributed by atoms with Gasteiger partial charge in [0.25, 0.3) is 11.8 Å². The van der Waals surface area contributed by atoms with E-state index in [2.05, 4.69) is 5.32 Å². The first-order chi connectivity index (χ1) is 17.4. The highest BCUT2D eigenvalue weighted by molar-refractivity contribution is 6.39. The predicted molar refractivity (Wildman–Crippen MR) is 134 cm³/mol. The van der Waals surface area contributed by atoms with E-state index >= 15 is 0 Å². The molecule has 36 heavy (non-hydrogen) atoms. The molecule has 0 aromatic heterocycles. The van der Waals surface area contributed by atoms with E-state index in [9.17, 15) is 19.2 Å². The van der Waals surface area contributed by atoms with Gasteiger partial charge in [0.1, 0.15) is 17.9 Å². The summed E-state index contributed by atoms with van der Waals surface area (Å²) in [6.07, 6.45) is 1.37. The van der Waals surface area contributed by atoms with Crippen LogP contribution in [0.5, 0.6) is 5.75 Å². The smallest absolute Gasteiger partial charge is 0.338 e. The van der Waals surface area contributed by atoms with Gasteiger partial charge in [0.05, 0.1) is 17.9 Å². The Morgan fingerprint density at radius 2 is 1.67 bits per heavy atom. The molecule has 0 radical (unpaired) electrons. The summed E-state index contributed by atoms with van der Waals surface area (Å²) in [5, 5.41) is 2.73. The van der Waals surface area contributed by atoms with E-state index in [4.69, 9.17) is 21.1 Å². The molecular weight excluding hydrogens is 484 g/mol. The highest BCUT2D eigenvalue weighted by Gasteiger charge is 2.37. The van der Waals surface area contributed by atoms with Crippen molar-refractivity contribution in [1.82, 2.24) is 5.32 Å². The van der Waals surface area contributed by atoms with Gasteiger partial charge in [0.2, 0.25) is 0 Å². The fourth-order valence-electron chi connectivity index (χ4n) is 3.51. The monoisotopic (exact) mass is 504 g/mol. The Morgan fingerprint density at radius 3 is 2.39 bits per heavy atom. The summed E-state index contributed by atoms with van der Waals surface area (Å²) in [7, 11) is 0. The van der Waals surface area contributed by atoms with Gasteiger partial charge in [-0.25, -0.2) is 14.5 Å². The van der Waals surface area contributed by atoms with Crippen molar-refractivity contribution in [2.45, 2.75) is 13.5 Å². The minimum absolute atomic E-state index is 0.178. The molecule has 1 aliphatic heterocycles. The van der Waals surface area contributed by atoms with Crippen molar-refractivity contribution in [2.75, 3.05) is 11.5 Å². The fourth-order valence-corrected chi connectivity index (χ4v) is 3.70. The lowest BCUT2D eigenvalue weighted by atomic mass is 10.1. The van der Waals surface area contributed by atoms with Gasteiger partial charge in [-0.3, -0.25) is 14.9 Å². The van der Waals surface area contributed by atoms with E-state index in [1.54, 1.807) is 37.3 Å².